The Morgan fingerprint density at radius 3 is 2.42 bits per heavy atom. The summed E-state index contributed by atoms with van der Waals surface area (Å²) in [4.78, 5) is 24.1. The van der Waals surface area contributed by atoms with E-state index >= 15 is 0 Å². The Morgan fingerprint density at radius 2 is 1.77 bits per heavy atom. The minimum Gasteiger partial charge on any atom is -0.488 e. The first-order chi connectivity index (χ1) is 15.0. The number of nitrogens with zero attached hydrogens (tertiary/aromatic N) is 1. The number of carboxylic acids is 1. The molecular weight excluding hydrogens is 416 g/mol. The van der Waals surface area contributed by atoms with Crippen molar-refractivity contribution >= 4 is 35.2 Å². The third kappa shape index (κ3) is 5.95. The molecule has 0 heterocycles. The molecule has 1 amide bonds. The molecule has 6 nitrogen and oxygen atoms in total. The van der Waals surface area contributed by atoms with Gasteiger partial charge in [-0.2, -0.15) is 5.26 Å². The molecule has 0 radical (unpaired) electrons. The highest BCUT2D eigenvalue weighted by atomic mass is 35.5. The van der Waals surface area contributed by atoms with Crippen molar-refractivity contribution in [2.45, 2.75) is 6.61 Å². The smallest absolute Gasteiger partial charge is 0.339 e. The number of benzene rings is 3. The van der Waals surface area contributed by atoms with Crippen molar-refractivity contribution in [2.24, 2.45) is 0 Å². The molecule has 7 heteroatoms. The summed E-state index contributed by atoms with van der Waals surface area (Å²) in [5.74, 6) is -1.61. The highest BCUT2D eigenvalue weighted by molar-refractivity contribution is 6.30. The molecule has 0 saturated carbocycles. The summed E-state index contributed by atoms with van der Waals surface area (Å²) in [7, 11) is 0. The molecule has 0 saturated heterocycles. The van der Waals surface area contributed by atoms with Gasteiger partial charge in [-0.25, -0.2) is 4.79 Å². The summed E-state index contributed by atoms with van der Waals surface area (Å²) in [5, 5.41) is 22.0. The summed E-state index contributed by atoms with van der Waals surface area (Å²) < 4.78 is 5.65. The quantitative estimate of drug-likeness (QED) is 0.396. The van der Waals surface area contributed by atoms with Crippen LogP contribution in [0.5, 0.6) is 5.75 Å². The van der Waals surface area contributed by atoms with Crippen LogP contribution in [0.15, 0.2) is 78.4 Å². The van der Waals surface area contributed by atoms with E-state index in [4.69, 9.17) is 16.3 Å². The predicted octanol–water partition coefficient (Wildman–Crippen LogP) is 5.16. The molecule has 2 N–H and O–H groups in total. The molecule has 0 unspecified atom stereocenters. The van der Waals surface area contributed by atoms with Gasteiger partial charge in [0.25, 0.3) is 5.91 Å². The molecule has 0 aliphatic carbocycles. The zero-order valence-electron chi connectivity index (χ0n) is 16.2. The van der Waals surface area contributed by atoms with Crippen LogP contribution in [-0.4, -0.2) is 17.0 Å². The first kappa shape index (κ1) is 21.6. The fraction of sp³-hybridized carbons (Fsp3) is 0.0417. The fourth-order valence-electron chi connectivity index (χ4n) is 2.71. The molecule has 31 heavy (non-hydrogen) atoms. The van der Waals surface area contributed by atoms with Crippen LogP contribution in [0.3, 0.4) is 0 Å². The third-order valence-corrected chi connectivity index (χ3v) is 4.50. The number of carboxylic acid groups (broad SMARTS) is 1. The van der Waals surface area contributed by atoms with Crippen molar-refractivity contribution in [1.29, 1.82) is 5.26 Å². The SMILES string of the molecule is N#C/C(=C/c1ccc(OCc2ccccc2)c(C(=O)O)c1)C(=O)Nc1ccc(Cl)cc1. The van der Waals surface area contributed by atoms with E-state index < -0.39 is 11.9 Å². The maximum Gasteiger partial charge on any atom is 0.339 e. The number of hydrogen-bond acceptors (Lipinski definition) is 4. The summed E-state index contributed by atoms with van der Waals surface area (Å²) in [6.45, 7) is 0.212. The van der Waals surface area contributed by atoms with Crippen LogP contribution in [0, 0.1) is 11.3 Å². The number of aromatic carboxylic acids is 1. The lowest BCUT2D eigenvalue weighted by Gasteiger charge is -2.10. The molecule has 154 valence electrons. The zero-order valence-corrected chi connectivity index (χ0v) is 17.0. The van der Waals surface area contributed by atoms with Gasteiger partial charge in [0.15, 0.2) is 0 Å². The van der Waals surface area contributed by atoms with Crippen molar-refractivity contribution in [1.82, 2.24) is 0 Å². The Bertz CT molecular complexity index is 1170. The van der Waals surface area contributed by atoms with Gasteiger partial charge in [0.05, 0.1) is 0 Å². The summed E-state index contributed by atoms with van der Waals surface area (Å²) in [6, 6.07) is 22.1. The van der Waals surface area contributed by atoms with Crippen LogP contribution in [0.4, 0.5) is 5.69 Å². The topological polar surface area (TPSA) is 99.4 Å². The minimum absolute atomic E-state index is 0.0694. The third-order valence-electron chi connectivity index (χ3n) is 4.25. The normalized spacial score (nSPS) is 10.8. The number of rotatable bonds is 7. The van der Waals surface area contributed by atoms with Gasteiger partial charge in [-0.15, -0.1) is 0 Å². The van der Waals surface area contributed by atoms with Crippen LogP contribution in [0.25, 0.3) is 6.08 Å². The second kappa shape index (κ2) is 10.1. The molecule has 0 aliphatic rings. The average Bonchev–Trinajstić information content (AvgIpc) is 2.78. The largest absolute Gasteiger partial charge is 0.488 e. The second-order valence-corrected chi connectivity index (χ2v) is 6.90. The van der Waals surface area contributed by atoms with Gasteiger partial charge in [-0.3, -0.25) is 4.79 Å². The van der Waals surface area contributed by atoms with Crippen LogP contribution in [-0.2, 0) is 11.4 Å². The average molecular weight is 433 g/mol. The fourth-order valence-corrected chi connectivity index (χ4v) is 2.84. The van der Waals surface area contributed by atoms with Gasteiger partial charge in [-0.1, -0.05) is 48.0 Å². The van der Waals surface area contributed by atoms with Crippen LogP contribution in [0.1, 0.15) is 21.5 Å². The lowest BCUT2D eigenvalue weighted by Crippen LogP contribution is -2.13. The standard InChI is InChI=1S/C24H17ClN2O4/c25-19-7-9-20(10-8-19)27-23(28)18(14-26)12-17-6-11-22(21(13-17)24(29)30)31-15-16-4-2-1-3-5-16/h1-13H,15H2,(H,27,28)(H,29,30)/b18-12-. The molecule has 0 aliphatic heterocycles. The molecule has 0 atom stereocenters. The number of ether oxygens (including phenoxy) is 1. The summed E-state index contributed by atoms with van der Waals surface area (Å²) in [5.41, 5.74) is 1.51. The number of nitriles is 1. The molecule has 0 fully saturated rings. The Hall–Kier alpha value is -4.08. The number of anilines is 1. The Labute approximate surface area is 184 Å². The van der Waals surface area contributed by atoms with E-state index in [1.54, 1.807) is 30.3 Å². The highest BCUT2D eigenvalue weighted by Crippen LogP contribution is 2.23. The monoisotopic (exact) mass is 432 g/mol. The van der Waals surface area contributed by atoms with Crippen molar-refractivity contribution in [3.8, 4) is 11.8 Å². The molecule has 3 aromatic rings. The van der Waals surface area contributed by atoms with E-state index in [-0.39, 0.29) is 23.5 Å². The first-order valence-electron chi connectivity index (χ1n) is 9.19. The number of nitrogens with one attached hydrogen (secondary N) is 1. The van der Waals surface area contributed by atoms with E-state index in [9.17, 15) is 20.0 Å². The van der Waals surface area contributed by atoms with Crippen LogP contribution >= 0.6 is 11.6 Å². The lowest BCUT2D eigenvalue weighted by molar-refractivity contribution is -0.112. The number of amides is 1. The van der Waals surface area contributed by atoms with Gasteiger partial charge in [0.1, 0.15) is 29.6 Å². The van der Waals surface area contributed by atoms with E-state index in [0.717, 1.165) is 5.56 Å². The van der Waals surface area contributed by atoms with Crippen molar-refractivity contribution in [3.05, 3.63) is 100 Å². The molecular formula is C24H17ClN2O4. The van der Waals surface area contributed by atoms with Gasteiger partial charge >= 0.3 is 5.97 Å². The number of halogens is 1. The van der Waals surface area contributed by atoms with Crippen molar-refractivity contribution < 1.29 is 19.4 Å². The summed E-state index contributed by atoms with van der Waals surface area (Å²) in [6.07, 6.45) is 1.32. The molecule has 3 rings (SSSR count). The van der Waals surface area contributed by atoms with Gasteiger partial charge < -0.3 is 15.2 Å². The van der Waals surface area contributed by atoms with Gasteiger partial charge in [0, 0.05) is 10.7 Å². The van der Waals surface area contributed by atoms with Gasteiger partial charge in [0.2, 0.25) is 0 Å². The van der Waals surface area contributed by atoms with E-state index in [1.807, 2.05) is 36.4 Å². The molecule has 0 spiro atoms. The number of carbonyl (C=O) groups is 2. The lowest BCUT2D eigenvalue weighted by atomic mass is 10.1. The van der Waals surface area contributed by atoms with Gasteiger partial charge in [-0.05, 0) is 53.6 Å². The minimum atomic E-state index is -1.18. The highest BCUT2D eigenvalue weighted by Gasteiger charge is 2.14. The Balaban J connectivity index is 1.80. The van der Waals surface area contributed by atoms with Crippen molar-refractivity contribution in [2.75, 3.05) is 5.32 Å². The molecule has 3 aromatic carbocycles. The maximum atomic E-state index is 12.4. The zero-order chi connectivity index (χ0) is 22.2. The summed E-state index contributed by atoms with van der Waals surface area (Å²) >= 11 is 5.82. The van der Waals surface area contributed by atoms with Crippen LogP contribution < -0.4 is 10.1 Å². The molecule has 0 bridgehead atoms. The Kier molecular flexibility index (Phi) is 7.05. The number of hydrogen-bond donors (Lipinski definition) is 2. The number of carbonyl (C=O) groups excluding carboxylic acids is 1. The van der Waals surface area contributed by atoms with Crippen LogP contribution in [0.2, 0.25) is 5.02 Å². The van der Waals surface area contributed by atoms with E-state index in [2.05, 4.69) is 5.32 Å². The maximum absolute atomic E-state index is 12.4. The molecule has 0 aromatic heterocycles. The van der Waals surface area contributed by atoms with E-state index in [1.165, 1.54) is 18.2 Å². The first-order valence-corrected chi connectivity index (χ1v) is 9.57. The van der Waals surface area contributed by atoms with Crippen molar-refractivity contribution in [3.63, 3.8) is 0 Å². The van der Waals surface area contributed by atoms with E-state index in [0.29, 0.717) is 16.3 Å². The second-order valence-electron chi connectivity index (χ2n) is 6.47. The predicted molar refractivity (Wildman–Crippen MR) is 118 cm³/mol. The Morgan fingerprint density at radius 1 is 1.06 bits per heavy atom.